The smallest absolute Gasteiger partial charge is 0.143 e. The summed E-state index contributed by atoms with van der Waals surface area (Å²) in [6.07, 6.45) is 5.86. The van der Waals surface area contributed by atoms with E-state index in [0.29, 0.717) is 6.42 Å². The van der Waals surface area contributed by atoms with Crippen molar-refractivity contribution in [3.05, 3.63) is 35.9 Å². The first-order valence-corrected chi connectivity index (χ1v) is 6.07. The normalized spacial score (nSPS) is 15.9. The molecule has 1 rings (SSSR count). The van der Waals surface area contributed by atoms with Gasteiger partial charge in [-0.15, -0.1) is 6.42 Å². The fourth-order valence-corrected chi connectivity index (χ4v) is 1.74. The molecule has 0 amide bonds. The topological polar surface area (TPSA) is 29.5 Å². The molecule has 1 aromatic rings. The molecule has 0 fully saturated rings. The van der Waals surface area contributed by atoms with Gasteiger partial charge < -0.3 is 9.84 Å². The molecule has 17 heavy (non-hydrogen) atoms. The van der Waals surface area contributed by atoms with Gasteiger partial charge in [0.25, 0.3) is 0 Å². The fourth-order valence-electron chi connectivity index (χ4n) is 1.74. The summed E-state index contributed by atoms with van der Waals surface area (Å²) in [6.45, 7) is 3.92. The highest BCUT2D eigenvalue weighted by molar-refractivity contribution is 5.23. The zero-order chi connectivity index (χ0) is 12.7. The third-order valence-electron chi connectivity index (χ3n) is 2.81. The second-order valence-corrected chi connectivity index (χ2v) is 4.02. The number of hydrogen-bond donors (Lipinski definition) is 1. The molecule has 2 heteroatoms. The lowest BCUT2D eigenvalue weighted by Crippen LogP contribution is -2.29. The molecule has 0 radical (unpaired) electrons. The van der Waals surface area contributed by atoms with Crippen LogP contribution in [-0.2, 0) is 4.74 Å². The number of aliphatic hydroxyl groups excluding tert-OH is 1. The van der Waals surface area contributed by atoms with Crippen molar-refractivity contribution >= 4 is 0 Å². The van der Waals surface area contributed by atoms with E-state index >= 15 is 0 Å². The lowest BCUT2D eigenvalue weighted by Gasteiger charge is -2.24. The Morgan fingerprint density at radius 3 is 2.35 bits per heavy atom. The summed E-state index contributed by atoms with van der Waals surface area (Å²) in [5, 5.41) is 9.82. The predicted octanol–water partition coefficient (Wildman–Crippen LogP) is 2.93. The van der Waals surface area contributed by atoms with Crippen LogP contribution in [0.4, 0.5) is 0 Å². The zero-order valence-electron chi connectivity index (χ0n) is 10.5. The second kappa shape index (κ2) is 7.11. The summed E-state index contributed by atoms with van der Waals surface area (Å²) in [4.78, 5) is 0. The van der Waals surface area contributed by atoms with Crippen LogP contribution in [0.2, 0.25) is 0 Å². The Labute approximate surface area is 104 Å². The van der Waals surface area contributed by atoms with Gasteiger partial charge in [-0.25, -0.2) is 0 Å². The molecular formula is C15H20O2. The fraction of sp³-hybridized carbons (Fsp3) is 0.467. The Morgan fingerprint density at radius 1 is 1.24 bits per heavy atom. The Kier molecular flexibility index (Phi) is 5.76. The first kappa shape index (κ1) is 13.8. The minimum Gasteiger partial charge on any atom is -0.390 e. The van der Waals surface area contributed by atoms with E-state index in [1.165, 1.54) is 0 Å². The Morgan fingerprint density at radius 2 is 1.88 bits per heavy atom. The quantitative estimate of drug-likeness (QED) is 0.764. The standard InChI is InChI=1S/C15H20O2/c1-4-13(16)15(6-3)17-14(5-2)12-10-8-7-9-11-12/h2,7-11,13-16H,4,6H2,1,3H3. The van der Waals surface area contributed by atoms with Crippen LogP contribution in [0.15, 0.2) is 30.3 Å². The highest BCUT2D eigenvalue weighted by atomic mass is 16.5. The van der Waals surface area contributed by atoms with Crippen LogP contribution in [0.3, 0.4) is 0 Å². The first-order chi connectivity index (χ1) is 8.22. The van der Waals surface area contributed by atoms with Gasteiger partial charge in [0, 0.05) is 0 Å². The molecule has 0 aromatic heterocycles. The summed E-state index contributed by atoms with van der Waals surface area (Å²) >= 11 is 0. The van der Waals surface area contributed by atoms with Crippen molar-refractivity contribution in [2.45, 2.75) is 45.0 Å². The number of ether oxygens (including phenoxy) is 1. The van der Waals surface area contributed by atoms with Gasteiger partial charge >= 0.3 is 0 Å². The first-order valence-electron chi connectivity index (χ1n) is 6.07. The van der Waals surface area contributed by atoms with Crippen LogP contribution in [-0.4, -0.2) is 17.3 Å². The summed E-state index contributed by atoms with van der Waals surface area (Å²) in [5.74, 6) is 2.63. The van der Waals surface area contributed by atoms with Gasteiger partial charge in [-0.2, -0.15) is 0 Å². The van der Waals surface area contributed by atoms with Crippen molar-refractivity contribution in [1.82, 2.24) is 0 Å². The van der Waals surface area contributed by atoms with E-state index in [9.17, 15) is 5.11 Å². The van der Waals surface area contributed by atoms with E-state index < -0.39 is 6.10 Å². The second-order valence-electron chi connectivity index (χ2n) is 4.02. The van der Waals surface area contributed by atoms with Crippen molar-refractivity contribution in [2.24, 2.45) is 0 Å². The third kappa shape index (κ3) is 3.89. The van der Waals surface area contributed by atoms with E-state index in [0.717, 1.165) is 12.0 Å². The van der Waals surface area contributed by atoms with Crippen LogP contribution in [0, 0.1) is 12.3 Å². The summed E-state index contributed by atoms with van der Waals surface area (Å²) in [5.41, 5.74) is 0.955. The molecule has 92 valence electrons. The molecule has 1 N–H and O–H groups in total. The minimum atomic E-state index is -0.459. The number of hydrogen-bond acceptors (Lipinski definition) is 2. The highest BCUT2D eigenvalue weighted by Gasteiger charge is 2.20. The van der Waals surface area contributed by atoms with Crippen LogP contribution in [0.25, 0.3) is 0 Å². The van der Waals surface area contributed by atoms with Crippen molar-refractivity contribution in [3.8, 4) is 12.3 Å². The van der Waals surface area contributed by atoms with Gasteiger partial charge in [0.2, 0.25) is 0 Å². The molecule has 0 saturated heterocycles. The summed E-state index contributed by atoms with van der Waals surface area (Å²) < 4.78 is 5.80. The summed E-state index contributed by atoms with van der Waals surface area (Å²) in [6, 6.07) is 9.68. The lowest BCUT2D eigenvalue weighted by molar-refractivity contribution is -0.0619. The van der Waals surface area contributed by atoms with Gasteiger partial charge in [0.15, 0.2) is 0 Å². The molecule has 3 atom stereocenters. The molecule has 0 aliphatic carbocycles. The third-order valence-corrected chi connectivity index (χ3v) is 2.81. The van der Waals surface area contributed by atoms with Crippen LogP contribution in [0.1, 0.15) is 38.4 Å². The average molecular weight is 232 g/mol. The Bertz CT molecular complexity index is 353. The zero-order valence-corrected chi connectivity index (χ0v) is 10.5. The molecule has 0 saturated carbocycles. The predicted molar refractivity (Wildman–Crippen MR) is 69.5 cm³/mol. The highest BCUT2D eigenvalue weighted by Crippen LogP contribution is 2.21. The number of rotatable bonds is 6. The number of benzene rings is 1. The van der Waals surface area contributed by atoms with Gasteiger partial charge in [0.1, 0.15) is 6.10 Å². The molecule has 0 aliphatic heterocycles. The molecule has 1 aromatic carbocycles. The van der Waals surface area contributed by atoms with Crippen molar-refractivity contribution in [2.75, 3.05) is 0 Å². The molecule has 0 aliphatic rings. The van der Waals surface area contributed by atoms with Gasteiger partial charge in [-0.05, 0) is 18.4 Å². The van der Waals surface area contributed by atoms with E-state index in [2.05, 4.69) is 5.92 Å². The maximum Gasteiger partial charge on any atom is 0.143 e. The van der Waals surface area contributed by atoms with Crippen molar-refractivity contribution in [3.63, 3.8) is 0 Å². The molecule has 3 unspecified atom stereocenters. The largest absolute Gasteiger partial charge is 0.390 e. The summed E-state index contributed by atoms with van der Waals surface area (Å²) in [7, 11) is 0. The van der Waals surface area contributed by atoms with Crippen molar-refractivity contribution in [1.29, 1.82) is 0 Å². The molecule has 0 heterocycles. The average Bonchev–Trinajstić information content (AvgIpc) is 2.40. The van der Waals surface area contributed by atoms with E-state index in [-0.39, 0.29) is 12.2 Å². The van der Waals surface area contributed by atoms with Gasteiger partial charge in [-0.1, -0.05) is 50.1 Å². The van der Waals surface area contributed by atoms with E-state index in [1.54, 1.807) is 0 Å². The van der Waals surface area contributed by atoms with Crippen LogP contribution < -0.4 is 0 Å². The van der Waals surface area contributed by atoms with Crippen LogP contribution in [0.5, 0.6) is 0 Å². The van der Waals surface area contributed by atoms with Gasteiger partial charge in [-0.3, -0.25) is 0 Å². The molecule has 0 spiro atoms. The monoisotopic (exact) mass is 232 g/mol. The number of aliphatic hydroxyl groups is 1. The van der Waals surface area contributed by atoms with Crippen molar-refractivity contribution < 1.29 is 9.84 Å². The van der Waals surface area contributed by atoms with Gasteiger partial charge in [0.05, 0.1) is 12.2 Å². The van der Waals surface area contributed by atoms with Crippen LogP contribution >= 0.6 is 0 Å². The Balaban J connectivity index is 2.73. The van der Waals surface area contributed by atoms with E-state index in [1.807, 2.05) is 44.2 Å². The number of terminal acetylenes is 1. The Hall–Kier alpha value is -1.30. The maximum absolute atomic E-state index is 9.82. The molecule has 2 nitrogen and oxygen atoms in total. The minimum absolute atomic E-state index is 0.207. The molecule has 0 bridgehead atoms. The SMILES string of the molecule is C#CC(OC(CC)C(O)CC)c1ccccc1. The lowest BCUT2D eigenvalue weighted by atomic mass is 10.1. The molecular weight excluding hydrogens is 212 g/mol. The maximum atomic E-state index is 9.82. The van der Waals surface area contributed by atoms with E-state index in [4.69, 9.17) is 11.2 Å².